The highest BCUT2D eigenvalue weighted by atomic mass is 35.5. The van der Waals surface area contributed by atoms with Crippen molar-refractivity contribution in [2.45, 2.75) is 6.92 Å². The molecule has 0 fully saturated rings. The van der Waals surface area contributed by atoms with Crippen molar-refractivity contribution in [3.63, 3.8) is 0 Å². The van der Waals surface area contributed by atoms with E-state index in [1.807, 2.05) is 0 Å². The molecule has 0 aliphatic rings. The number of halogens is 2. The van der Waals surface area contributed by atoms with Crippen molar-refractivity contribution in [1.82, 2.24) is 30.7 Å². The van der Waals surface area contributed by atoms with Gasteiger partial charge in [-0.05, 0) is 29.4 Å². The standard InChI is InChI=1S/C13H10Cl2N8O2/c1-6-10(18-22-23(6)12-11(16)20-25-21-12)13(24)19-17-5-7-8(14)3-2-4-9(7)15/h2-5H,1H3,(H2,16,20)(H,19,24). The van der Waals surface area contributed by atoms with Crippen LogP contribution >= 0.6 is 23.2 Å². The molecule has 0 aliphatic carbocycles. The van der Waals surface area contributed by atoms with Crippen LogP contribution in [0.1, 0.15) is 21.7 Å². The van der Waals surface area contributed by atoms with E-state index in [0.29, 0.717) is 21.3 Å². The van der Waals surface area contributed by atoms with Crippen LogP contribution in [0, 0.1) is 6.92 Å². The number of anilines is 1. The van der Waals surface area contributed by atoms with Crippen LogP contribution < -0.4 is 11.2 Å². The lowest BCUT2D eigenvalue weighted by Gasteiger charge is -2.01. The fraction of sp³-hybridized carbons (Fsp3) is 0.0769. The number of nitrogens with zero attached hydrogens (tertiary/aromatic N) is 6. The average Bonchev–Trinajstić information content (AvgIpc) is 3.15. The summed E-state index contributed by atoms with van der Waals surface area (Å²) in [7, 11) is 0. The molecular weight excluding hydrogens is 371 g/mol. The number of hydrazone groups is 1. The monoisotopic (exact) mass is 380 g/mol. The van der Waals surface area contributed by atoms with E-state index in [-0.39, 0.29) is 17.3 Å². The number of hydrogen-bond donors (Lipinski definition) is 2. The molecule has 0 aliphatic heterocycles. The zero-order valence-corrected chi connectivity index (χ0v) is 14.2. The SMILES string of the molecule is Cc1c(C(=O)NN=Cc2c(Cl)cccc2Cl)nnn1-c1nonc1N. The molecule has 1 amide bonds. The first-order valence-corrected chi connectivity index (χ1v) is 7.52. The van der Waals surface area contributed by atoms with E-state index in [1.54, 1.807) is 25.1 Å². The van der Waals surface area contributed by atoms with Crippen LogP contribution in [0.15, 0.2) is 27.9 Å². The molecule has 1 aromatic carbocycles. The molecule has 0 atom stereocenters. The molecule has 10 nitrogen and oxygen atoms in total. The fourth-order valence-electron chi connectivity index (χ4n) is 1.92. The Morgan fingerprint density at radius 1 is 1.36 bits per heavy atom. The van der Waals surface area contributed by atoms with Crippen molar-refractivity contribution in [2.24, 2.45) is 5.10 Å². The number of rotatable bonds is 4. The fourth-order valence-corrected chi connectivity index (χ4v) is 2.42. The number of hydrogen-bond acceptors (Lipinski definition) is 8. The van der Waals surface area contributed by atoms with E-state index in [9.17, 15) is 4.79 Å². The van der Waals surface area contributed by atoms with Crippen LogP contribution in [0.25, 0.3) is 5.82 Å². The van der Waals surface area contributed by atoms with Gasteiger partial charge in [0.25, 0.3) is 5.91 Å². The third-order valence-corrected chi connectivity index (χ3v) is 3.82. The van der Waals surface area contributed by atoms with Gasteiger partial charge in [-0.2, -0.15) is 9.78 Å². The second-order valence-electron chi connectivity index (χ2n) is 4.74. The quantitative estimate of drug-likeness (QED) is 0.517. The summed E-state index contributed by atoms with van der Waals surface area (Å²) in [6.07, 6.45) is 1.34. The van der Waals surface area contributed by atoms with Crippen molar-refractivity contribution in [3.8, 4) is 5.82 Å². The minimum Gasteiger partial charge on any atom is -0.378 e. The first-order valence-electron chi connectivity index (χ1n) is 6.77. The molecule has 3 N–H and O–H groups in total. The molecule has 3 aromatic rings. The summed E-state index contributed by atoms with van der Waals surface area (Å²) in [6.45, 7) is 1.61. The van der Waals surface area contributed by atoms with Gasteiger partial charge < -0.3 is 5.73 Å². The summed E-state index contributed by atoms with van der Waals surface area (Å²) >= 11 is 12.0. The average molecular weight is 381 g/mol. The van der Waals surface area contributed by atoms with Crippen molar-refractivity contribution >= 4 is 41.1 Å². The third kappa shape index (κ3) is 3.30. The molecule has 3 rings (SSSR count). The van der Waals surface area contributed by atoms with Crippen LogP contribution in [-0.2, 0) is 0 Å². The topological polar surface area (TPSA) is 137 Å². The van der Waals surface area contributed by atoms with Crippen molar-refractivity contribution in [2.75, 3.05) is 5.73 Å². The summed E-state index contributed by atoms with van der Waals surface area (Å²) in [5, 5.41) is 19.3. The molecule has 0 saturated heterocycles. The summed E-state index contributed by atoms with van der Waals surface area (Å²) < 4.78 is 5.73. The maximum atomic E-state index is 12.2. The Hall–Kier alpha value is -2.98. The van der Waals surface area contributed by atoms with Gasteiger partial charge in [0.2, 0.25) is 11.6 Å². The molecule has 0 unspecified atom stereocenters. The van der Waals surface area contributed by atoms with Gasteiger partial charge in [-0.15, -0.1) is 5.10 Å². The highest BCUT2D eigenvalue weighted by molar-refractivity contribution is 6.38. The van der Waals surface area contributed by atoms with Crippen molar-refractivity contribution in [1.29, 1.82) is 0 Å². The first-order chi connectivity index (χ1) is 12.0. The van der Waals surface area contributed by atoms with Crippen LogP contribution in [0.4, 0.5) is 5.82 Å². The highest BCUT2D eigenvalue weighted by Gasteiger charge is 2.20. The molecule has 25 heavy (non-hydrogen) atoms. The van der Waals surface area contributed by atoms with E-state index in [4.69, 9.17) is 28.9 Å². The van der Waals surface area contributed by atoms with Crippen LogP contribution in [0.2, 0.25) is 10.0 Å². The Kier molecular flexibility index (Phi) is 4.63. The van der Waals surface area contributed by atoms with E-state index < -0.39 is 5.91 Å². The Labute approximate surface area is 150 Å². The number of amides is 1. The molecule has 2 aromatic heterocycles. The van der Waals surface area contributed by atoms with Gasteiger partial charge in [0.15, 0.2) is 5.69 Å². The van der Waals surface area contributed by atoms with Gasteiger partial charge >= 0.3 is 0 Å². The smallest absolute Gasteiger partial charge is 0.293 e. The highest BCUT2D eigenvalue weighted by Crippen LogP contribution is 2.22. The molecule has 128 valence electrons. The second-order valence-corrected chi connectivity index (χ2v) is 5.56. The Morgan fingerprint density at radius 2 is 2.08 bits per heavy atom. The number of carbonyl (C=O) groups excluding carboxylic acids is 1. The predicted molar refractivity (Wildman–Crippen MR) is 89.9 cm³/mol. The predicted octanol–water partition coefficient (Wildman–Crippen LogP) is 1.61. The lowest BCUT2D eigenvalue weighted by molar-refractivity contribution is 0.0949. The van der Waals surface area contributed by atoms with Gasteiger partial charge in [0.05, 0.1) is 22.0 Å². The summed E-state index contributed by atoms with van der Waals surface area (Å²) in [4.78, 5) is 12.2. The first kappa shape index (κ1) is 16.9. The van der Waals surface area contributed by atoms with E-state index in [0.717, 1.165) is 0 Å². The van der Waals surface area contributed by atoms with Crippen molar-refractivity contribution < 1.29 is 9.42 Å². The molecule has 2 heterocycles. The summed E-state index contributed by atoms with van der Waals surface area (Å²) in [6, 6.07) is 5.01. The van der Waals surface area contributed by atoms with Gasteiger partial charge in [-0.1, -0.05) is 34.5 Å². The molecule has 0 spiro atoms. The van der Waals surface area contributed by atoms with E-state index in [2.05, 4.69) is 35.8 Å². The maximum Gasteiger partial charge on any atom is 0.293 e. The zero-order valence-electron chi connectivity index (χ0n) is 12.6. The number of nitrogens with two attached hydrogens (primary N) is 1. The van der Waals surface area contributed by atoms with Crippen LogP contribution in [0.5, 0.6) is 0 Å². The normalized spacial score (nSPS) is 11.2. The van der Waals surface area contributed by atoms with Gasteiger partial charge in [-0.25, -0.2) is 10.1 Å². The van der Waals surface area contributed by atoms with Gasteiger partial charge in [-0.3, -0.25) is 4.79 Å². The third-order valence-electron chi connectivity index (χ3n) is 3.17. The number of aromatic nitrogens is 5. The number of nitrogens with one attached hydrogen (secondary N) is 1. The molecule has 0 saturated carbocycles. The second kappa shape index (κ2) is 6.87. The van der Waals surface area contributed by atoms with Crippen LogP contribution in [0.3, 0.4) is 0 Å². The lowest BCUT2D eigenvalue weighted by atomic mass is 10.2. The minimum atomic E-state index is -0.585. The summed E-state index contributed by atoms with van der Waals surface area (Å²) in [5.41, 5.74) is 8.81. The van der Waals surface area contributed by atoms with Gasteiger partial charge in [0.1, 0.15) is 0 Å². The Bertz CT molecular complexity index is 945. The lowest BCUT2D eigenvalue weighted by Crippen LogP contribution is -2.19. The molecule has 0 bridgehead atoms. The zero-order chi connectivity index (χ0) is 18.0. The molecule has 12 heteroatoms. The van der Waals surface area contributed by atoms with Crippen molar-refractivity contribution in [3.05, 3.63) is 45.2 Å². The van der Waals surface area contributed by atoms with Crippen LogP contribution in [-0.4, -0.2) is 37.4 Å². The van der Waals surface area contributed by atoms with E-state index >= 15 is 0 Å². The molecular formula is C13H10Cl2N8O2. The number of nitrogen functional groups attached to an aromatic ring is 1. The summed E-state index contributed by atoms with van der Waals surface area (Å²) in [5.74, 6) is -0.431. The Balaban J connectivity index is 1.78. The maximum absolute atomic E-state index is 12.2. The number of benzene rings is 1. The largest absolute Gasteiger partial charge is 0.378 e. The minimum absolute atomic E-state index is 0.0198. The molecule has 0 radical (unpaired) electrons. The van der Waals surface area contributed by atoms with E-state index in [1.165, 1.54) is 10.9 Å². The number of carbonyl (C=O) groups is 1. The Morgan fingerprint density at radius 3 is 2.72 bits per heavy atom. The van der Waals surface area contributed by atoms with Gasteiger partial charge in [0, 0.05) is 5.56 Å².